The molecule has 1 atom stereocenters. The third-order valence-electron chi connectivity index (χ3n) is 5.22. The molecular weight excluding hydrogens is 464 g/mol. The van der Waals surface area contributed by atoms with Gasteiger partial charge in [0.1, 0.15) is 16.7 Å². The molecular formula is C23H23ClN4O4S. The van der Waals surface area contributed by atoms with E-state index in [0.717, 1.165) is 42.2 Å². The van der Waals surface area contributed by atoms with Gasteiger partial charge in [0, 0.05) is 37.3 Å². The highest BCUT2D eigenvalue weighted by Crippen LogP contribution is 2.22. The topological polar surface area (TPSA) is 113 Å². The van der Waals surface area contributed by atoms with Gasteiger partial charge in [-0.3, -0.25) is 4.79 Å². The first kappa shape index (κ1) is 23.0. The number of pyridine rings is 2. The minimum absolute atomic E-state index is 0.0867. The van der Waals surface area contributed by atoms with Gasteiger partial charge in [-0.15, -0.1) is 11.3 Å². The van der Waals surface area contributed by atoms with E-state index < -0.39 is 17.9 Å². The van der Waals surface area contributed by atoms with Gasteiger partial charge in [-0.1, -0.05) is 23.7 Å². The van der Waals surface area contributed by atoms with Crippen LogP contribution in [-0.4, -0.2) is 46.1 Å². The van der Waals surface area contributed by atoms with Crippen LogP contribution in [0.25, 0.3) is 0 Å². The number of hydrogen-bond acceptors (Lipinski definition) is 7. The highest BCUT2D eigenvalue weighted by molar-refractivity contribution is 7.12. The van der Waals surface area contributed by atoms with Gasteiger partial charge in [-0.25, -0.2) is 14.8 Å². The van der Waals surface area contributed by atoms with Crippen molar-refractivity contribution in [2.75, 3.05) is 18.5 Å². The lowest BCUT2D eigenvalue weighted by Crippen LogP contribution is -2.42. The maximum absolute atomic E-state index is 12.3. The third-order valence-corrected chi connectivity index (χ3v) is 6.56. The summed E-state index contributed by atoms with van der Waals surface area (Å²) in [7, 11) is 0. The number of aromatic nitrogens is 2. The monoisotopic (exact) mass is 486 g/mol. The quantitative estimate of drug-likeness (QED) is 0.423. The summed E-state index contributed by atoms with van der Waals surface area (Å²) in [5, 5.41) is 17.3. The molecule has 3 N–H and O–H groups in total. The minimum atomic E-state index is -1.14. The predicted octanol–water partition coefficient (Wildman–Crippen LogP) is 3.60. The summed E-state index contributed by atoms with van der Waals surface area (Å²) in [6.45, 7) is 1.37. The van der Waals surface area contributed by atoms with Crippen LogP contribution < -0.4 is 15.4 Å². The first-order valence-electron chi connectivity index (χ1n) is 10.6. The Bertz CT molecular complexity index is 1140. The molecule has 0 fully saturated rings. The molecule has 0 saturated heterocycles. The van der Waals surface area contributed by atoms with Crippen LogP contribution in [0.4, 0.5) is 5.82 Å². The van der Waals surface area contributed by atoms with E-state index in [1.165, 1.54) is 5.56 Å². The second kappa shape index (κ2) is 10.6. The second-order valence-corrected chi connectivity index (χ2v) is 8.93. The van der Waals surface area contributed by atoms with Crippen molar-refractivity contribution in [1.29, 1.82) is 0 Å². The summed E-state index contributed by atoms with van der Waals surface area (Å²) in [6.07, 6.45) is 4.47. The van der Waals surface area contributed by atoms with Gasteiger partial charge in [-0.2, -0.15) is 0 Å². The number of aliphatic carboxylic acids is 1. The van der Waals surface area contributed by atoms with Gasteiger partial charge >= 0.3 is 5.97 Å². The molecule has 33 heavy (non-hydrogen) atoms. The molecule has 3 aromatic rings. The van der Waals surface area contributed by atoms with E-state index in [0.29, 0.717) is 29.5 Å². The maximum atomic E-state index is 12.3. The lowest BCUT2D eigenvalue weighted by atomic mass is 10.1. The molecule has 1 aliphatic rings. The number of carbonyl (C=O) groups is 2. The number of aryl methyl sites for hydroxylation is 1. The number of nitrogens with one attached hydrogen (secondary N) is 2. The average Bonchev–Trinajstić information content (AvgIpc) is 3.25. The summed E-state index contributed by atoms with van der Waals surface area (Å²) >= 11 is 7.12. The van der Waals surface area contributed by atoms with Crippen LogP contribution in [-0.2, 0) is 24.1 Å². The van der Waals surface area contributed by atoms with Crippen molar-refractivity contribution in [2.24, 2.45) is 0 Å². The molecule has 8 nitrogen and oxygen atoms in total. The number of anilines is 1. The van der Waals surface area contributed by atoms with Crippen LogP contribution in [0.3, 0.4) is 0 Å². The van der Waals surface area contributed by atoms with Crippen molar-refractivity contribution in [3.63, 3.8) is 0 Å². The van der Waals surface area contributed by atoms with E-state index in [1.54, 1.807) is 29.8 Å². The molecule has 0 bridgehead atoms. The van der Waals surface area contributed by atoms with E-state index in [-0.39, 0.29) is 11.3 Å². The zero-order valence-electron chi connectivity index (χ0n) is 17.7. The van der Waals surface area contributed by atoms with E-state index in [4.69, 9.17) is 16.3 Å². The molecule has 0 aliphatic carbocycles. The van der Waals surface area contributed by atoms with Crippen molar-refractivity contribution < 1.29 is 19.4 Å². The Kier molecular flexibility index (Phi) is 7.41. The predicted molar refractivity (Wildman–Crippen MR) is 126 cm³/mol. The van der Waals surface area contributed by atoms with Crippen molar-refractivity contribution in [3.8, 4) is 5.88 Å². The van der Waals surface area contributed by atoms with Crippen molar-refractivity contribution in [3.05, 3.63) is 68.6 Å². The van der Waals surface area contributed by atoms with Crippen LogP contribution >= 0.6 is 22.9 Å². The fourth-order valence-corrected chi connectivity index (χ4v) is 4.54. The SMILES string of the molecule is O=C(N[C@@H](Cc1ccc(OCCc2ccc3c(n2)NCCC3)nc1)C(=O)O)c1sccc1Cl. The smallest absolute Gasteiger partial charge is 0.326 e. The molecule has 3 aromatic heterocycles. The number of amides is 1. The zero-order valence-corrected chi connectivity index (χ0v) is 19.3. The number of thiophene rings is 1. The molecule has 0 saturated carbocycles. The van der Waals surface area contributed by atoms with Crippen LogP contribution in [0, 0.1) is 0 Å². The Labute approximate surface area is 200 Å². The van der Waals surface area contributed by atoms with Gasteiger partial charge < -0.3 is 20.5 Å². The molecule has 4 rings (SSSR count). The van der Waals surface area contributed by atoms with Crippen LogP contribution in [0.1, 0.15) is 32.9 Å². The maximum Gasteiger partial charge on any atom is 0.326 e. The minimum Gasteiger partial charge on any atom is -0.480 e. The first-order valence-corrected chi connectivity index (χ1v) is 11.8. The van der Waals surface area contributed by atoms with Gasteiger partial charge in [0.2, 0.25) is 5.88 Å². The number of carboxylic acids is 1. The molecule has 0 radical (unpaired) electrons. The third kappa shape index (κ3) is 6.00. The van der Waals surface area contributed by atoms with Crippen molar-refractivity contribution >= 4 is 40.6 Å². The number of rotatable bonds is 9. The summed E-state index contributed by atoms with van der Waals surface area (Å²) in [5.74, 6) is -0.247. The van der Waals surface area contributed by atoms with Gasteiger partial charge in [0.25, 0.3) is 5.91 Å². The molecule has 1 amide bonds. The fraction of sp³-hybridized carbons (Fsp3) is 0.304. The van der Waals surface area contributed by atoms with E-state index in [9.17, 15) is 14.7 Å². The van der Waals surface area contributed by atoms with Gasteiger partial charge in [0.05, 0.1) is 11.6 Å². The van der Waals surface area contributed by atoms with Crippen molar-refractivity contribution in [1.82, 2.24) is 15.3 Å². The van der Waals surface area contributed by atoms with E-state index in [1.807, 2.05) is 6.07 Å². The Morgan fingerprint density at radius 2 is 2.15 bits per heavy atom. The highest BCUT2D eigenvalue weighted by atomic mass is 35.5. The molecule has 4 heterocycles. The lowest BCUT2D eigenvalue weighted by Gasteiger charge is -2.17. The molecule has 172 valence electrons. The van der Waals surface area contributed by atoms with Crippen molar-refractivity contribution in [2.45, 2.75) is 31.7 Å². The Balaban J connectivity index is 1.29. The standard InChI is InChI=1S/C23H23ClN4O4S/c24-17-8-11-33-20(17)22(29)28-18(23(30)31)12-14-3-6-19(26-13-14)32-10-7-16-5-4-15-2-1-9-25-21(15)27-16/h3-6,8,11,13,18H,1-2,7,9-10,12H2,(H,25,27)(H,28,29)(H,30,31)/t18-/m0/s1. The number of carboxylic acid groups (broad SMARTS) is 1. The summed E-state index contributed by atoms with van der Waals surface area (Å²) in [5.41, 5.74) is 2.86. The fourth-order valence-electron chi connectivity index (χ4n) is 3.50. The number of carbonyl (C=O) groups excluding carboxylic acids is 1. The molecule has 0 spiro atoms. The number of hydrogen-bond donors (Lipinski definition) is 3. The number of halogens is 1. The van der Waals surface area contributed by atoms with Crippen LogP contribution in [0.5, 0.6) is 5.88 Å². The molecule has 10 heteroatoms. The number of ether oxygens (including phenoxy) is 1. The molecule has 0 aromatic carbocycles. The zero-order chi connectivity index (χ0) is 23.2. The first-order chi connectivity index (χ1) is 16.0. The molecule has 0 unspecified atom stereocenters. The Hall–Kier alpha value is -3.17. The second-order valence-electron chi connectivity index (χ2n) is 7.61. The van der Waals surface area contributed by atoms with Crippen LogP contribution in [0.2, 0.25) is 5.02 Å². The average molecular weight is 487 g/mol. The highest BCUT2D eigenvalue weighted by Gasteiger charge is 2.23. The van der Waals surface area contributed by atoms with Gasteiger partial charge in [0.15, 0.2) is 0 Å². The number of fused-ring (bicyclic) bond motifs is 1. The largest absolute Gasteiger partial charge is 0.480 e. The van der Waals surface area contributed by atoms with Crippen LogP contribution in [0.15, 0.2) is 41.9 Å². The Morgan fingerprint density at radius 1 is 1.27 bits per heavy atom. The normalized spacial score (nSPS) is 13.5. The Morgan fingerprint density at radius 3 is 2.88 bits per heavy atom. The van der Waals surface area contributed by atoms with E-state index in [2.05, 4.69) is 26.7 Å². The lowest BCUT2D eigenvalue weighted by molar-refractivity contribution is -0.139. The number of nitrogens with zero attached hydrogens (tertiary/aromatic N) is 2. The van der Waals surface area contributed by atoms with Gasteiger partial charge in [-0.05, 0) is 41.5 Å². The van der Waals surface area contributed by atoms with E-state index >= 15 is 0 Å². The summed E-state index contributed by atoms with van der Waals surface area (Å²) in [4.78, 5) is 33.1. The summed E-state index contributed by atoms with van der Waals surface area (Å²) < 4.78 is 5.72. The summed E-state index contributed by atoms with van der Waals surface area (Å²) in [6, 6.07) is 8.06. The molecule has 1 aliphatic heterocycles.